The summed E-state index contributed by atoms with van der Waals surface area (Å²) >= 11 is 1.07. The number of hydrogen-bond donors (Lipinski definition) is 1. The van der Waals surface area contributed by atoms with Gasteiger partial charge in [-0.3, -0.25) is 9.48 Å². The van der Waals surface area contributed by atoms with E-state index in [4.69, 9.17) is 9.47 Å². The summed E-state index contributed by atoms with van der Waals surface area (Å²) in [5.74, 6) is 1.24. The molecular formula is C16H15N5O3S. The van der Waals surface area contributed by atoms with E-state index in [1.807, 2.05) is 24.3 Å². The molecule has 1 aromatic carbocycles. The van der Waals surface area contributed by atoms with Gasteiger partial charge in [0.15, 0.2) is 17.6 Å². The number of aromatic nitrogens is 4. The highest BCUT2D eigenvalue weighted by Crippen LogP contribution is 2.31. The highest BCUT2D eigenvalue weighted by atomic mass is 32.1. The zero-order valence-electron chi connectivity index (χ0n) is 13.4. The van der Waals surface area contributed by atoms with Gasteiger partial charge in [0.25, 0.3) is 5.91 Å². The van der Waals surface area contributed by atoms with Crippen LogP contribution in [0.15, 0.2) is 36.7 Å². The number of carbonyl (C=O) groups is 1. The summed E-state index contributed by atoms with van der Waals surface area (Å²) in [5.41, 5.74) is 1.22. The first-order valence-corrected chi connectivity index (χ1v) is 8.47. The van der Waals surface area contributed by atoms with Crippen LogP contribution >= 0.6 is 11.5 Å². The second kappa shape index (κ2) is 6.52. The maximum Gasteiger partial charge on any atom is 0.269 e. The second-order valence-electron chi connectivity index (χ2n) is 5.59. The first-order chi connectivity index (χ1) is 12.2. The molecule has 2 aromatic heterocycles. The average molecular weight is 357 g/mol. The van der Waals surface area contributed by atoms with Crippen molar-refractivity contribution in [2.24, 2.45) is 0 Å². The Morgan fingerprint density at radius 2 is 2.24 bits per heavy atom. The first-order valence-electron chi connectivity index (χ1n) is 7.70. The van der Waals surface area contributed by atoms with E-state index in [-0.39, 0.29) is 12.0 Å². The number of amides is 1. The van der Waals surface area contributed by atoms with Crippen molar-refractivity contribution < 1.29 is 14.3 Å². The zero-order valence-corrected chi connectivity index (χ0v) is 14.2. The van der Waals surface area contributed by atoms with Gasteiger partial charge >= 0.3 is 0 Å². The van der Waals surface area contributed by atoms with Crippen LogP contribution in [0.25, 0.3) is 0 Å². The van der Waals surface area contributed by atoms with Crippen molar-refractivity contribution in [3.63, 3.8) is 0 Å². The van der Waals surface area contributed by atoms with Crippen LogP contribution in [-0.2, 0) is 6.54 Å². The molecule has 8 nitrogen and oxygen atoms in total. The number of rotatable bonds is 4. The molecule has 9 heteroatoms. The first kappa shape index (κ1) is 15.6. The number of carbonyl (C=O) groups excluding carboxylic acids is 1. The standard InChI is InChI=1S/C16H15N5O3S/c1-10-15(25-20-19-10)16(22)18-11-6-17-21(7-11)8-12-9-23-13-4-2-3-5-14(13)24-12/h2-7,12H,8-9H2,1H3,(H,18,22)/t12-/m1/s1. The third-order valence-electron chi connectivity index (χ3n) is 3.71. The Kier molecular flexibility index (Phi) is 4.06. The predicted octanol–water partition coefficient (Wildman–Crippen LogP) is 2.14. The number of anilines is 1. The molecular weight excluding hydrogens is 342 g/mol. The highest BCUT2D eigenvalue weighted by molar-refractivity contribution is 7.08. The van der Waals surface area contributed by atoms with Crippen LogP contribution < -0.4 is 14.8 Å². The molecule has 0 radical (unpaired) electrons. The van der Waals surface area contributed by atoms with Crippen molar-refractivity contribution in [2.75, 3.05) is 11.9 Å². The van der Waals surface area contributed by atoms with Gasteiger partial charge < -0.3 is 14.8 Å². The van der Waals surface area contributed by atoms with Crippen LogP contribution in [0.2, 0.25) is 0 Å². The molecule has 0 bridgehead atoms. The van der Waals surface area contributed by atoms with E-state index in [1.165, 1.54) is 0 Å². The van der Waals surface area contributed by atoms with Crippen molar-refractivity contribution in [2.45, 2.75) is 19.6 Å². The number of benzene rings is 1. The van der Waals surface area contributed by atoms with Crippen molar-refractivity contribution in [3.8, 4) is 11.5 Å². The summed E-state index contributed by atoms with van der Waals surface area (Å²) in [7, 11) is 0. The molecule has 1 N–H and O–H groups in total. The number of aryl methyl sites for hydroxylation is 1. The molecule has 0 spiro atoms. The number of hydrogen-bond acceptors (Lipinski definition) is 7. The van der Waals surface area contributed by atoms with Gasteiger partial charge in [-0.1, -0.05) is 16.6 Å². The van der Waals surface area contributed by atoms with Crippen molar-refractivity contribution in [1.29, 1.82) is 0 Å². The van der Waals surface area contributed by atoms with Gasteiger partial charge in [0.2, 0.25) is 0 Å². The Balaban J connectivity index is 1.39. The number of fused-ring (bicyclic) bond motifs is 1. The Morgan fingerprint density at radius 1 is 1.40 bits per heavy atom. The lowest BCUT2D eigenvalue weighted by Crippen LogP contribution is -2.33. The van der Waals surface area contributed by atoms with Gasteiger partial charge in [-0.2, -0.15) is 5.10 Å². The number of nitrogens with zero attached hydrogens (tertiary/aromatic N) is 4. The Hall–Kier alpha value is -2.94. The average Bonchev–Trinajstić information content (AvgIpc) is 3.23. The fourth-order valence-electron chi connectivity index (χ4n) is 2.52. The molecule has 0 saturated carbocycles. The van der Waals surface area contributed by atoms with E-state index in [0.29, 0.717) is 29.4 Å². The molecule has 0 fully saturated rings. The van der Waals surface area contributed by atoms with Crippen LogP contribution in [0.3, 0.4) is 0 Å². The van der Waals surface area contributed by atoms with Crippen LogP contribution in [0.4, 0.5) is 5.69 Å². The predicted molar refractivity (Wildman–Crippen MR) is 91.2 cm³/mol. The molecule has 1 atom stereocenters. The second-order valence-corrected chi connectivity index (χ2v) is 6.34. The van der Waals surface area contributed by atoms with E-state index in [0.717, 1.165) is 23.0 Å². The van der Waals surface area contributed by atoms with E-state index in [1.54, 1.807) is 24.0 Å². The third-order valence-corrected chi connectivity index (χ3v) is 4.53. The van der Waals surface area contributed by atoms with Gasteiger partial charge in [0.1, 0.15) is 11.5 Å². The zero-order chi connectivity index (χ0) is 17.2. The lowest BCUT2D eigenvalue weighted by molar-refractivity contribution is 0.0759. The smallest absolute Gasteiger partial charge is 0.269 e. The number of para-hydroxylation sites is 2. The third kappa shape index (κ3) is 3.31. The van der Waals surface area contributed by atoms with Crippen LogP contribution in [0, 0.1) is 6.92 Å². The summed E-state index contributed by atoms with van der Waals surface area (Å²) < 4.78 is 17.1. The maximum atomic E-state index is 12.2. The molecule has 1 aliphatic heterocycles. The molecule has 0 saturated heterocycles. The van der Waals surface area contributed by atoms with Gasteiger partial charge in [-0.25, -0.2) is 0 Å². The fraction of sp³-hybridized carbons (Fsp3) is 0.250. The van der Waals surface area contributed by atoms with E-state index < -0.39 is 0 Å². The Bertz CT molecular complexity index is 907. The Labute approximate surface area is 147 Å². The largest absolute Gasteiger partial charge is 0.486 e. The van der Waals surface area contributed by atoms with Crippen LogP contribution in [-0.4, -0.2) is 38.0 Å². The molecule has 0 aliphatic carbocycles. The van der Waals surface area contributed by atoms with Gasteiger partial charge in [0.05, 0.1) is 24.1 Å². The molecule has 1 amide bonds. The molecule has 1 aliphatic rings. The van der Waals surface area contributed by atoms with Crippen LogP contribution in [0.5, 0.6) is 11.5 Å². The SMILES string of the molecule is Cc1nnsc1C(=O)Nc1cnn(C[C@@H]2COc3ccccc3O2)c1. The molecule has 0 unspecified atom stereocenters. The van der Waals surface area contributed by atoms with Gasteiger partial charge in [-0.05, 0) is 30.6 Å². The summed E-state index contributed by atoms with van der Waals surface area (Å²) in [6.07, 6.45) is 3.21. The van der Waals surface area contributed by atoms with Crippen LogP contribution in [0.1, 0.15) is 15.4 Å². The number of nitrogens with one attached hydrogen (secondary N) is 1. The molecule has 3 aromatic rings. The van der Waals surface area contributed by atoms with E-state index >= 15 is 0 Å². The Morgan fingerprint density at radius 3 is 3.04 bits per heavy atom. The molecule has 4 rings (SSSR count). The van der Waals surface area contributed by atoms with Gasteiger partial charge in [0, 0.05) is 6.20 Å². The molecule has 128 valence electrons. The fourth-order valence-corrected chi connectivity index (χ4v) is 3.07. The summed E-state index contributed by atoms with van der Waals surface area (Å²) in [6, 6.07) is 7.57. The summed E-state index contributed by atoms with van der Waals surface area (Å²) in [6.45, 7) is 2.72. The quantitative estimate of drug-likeness (QED) is 0.769. The minimum Gasteiger partial charge on any atom is -0.486 e. The minimum absolute atomic E-state index is 0.147. The maximum absolute atomic E-state index is 12.2. The monoisotopic (exact) mass is 357 g/mol. The van der Waals surface area contributed by atoms with Crippen molar-refractivity contribution >= 4 is 23.1 Å². The van der Waals surface area contributed by atoms with E-state index in [9.17, 15) is 4.79 Å². The van der Waals surface area contributed by atoms with Gasteiger partial charge in [-0.15, -0.1) is 5.10 Å². The lowest BCUT2D eigenvalue weighted by Gasteiger charge is -2.26. The molecule has 25 heavy (non-hydrogen) atoms. The number of ether oxygens (including phenoxy) is 2. The van der Waals surface area contributed by atoms with Crippen molar-refractivity contribution in [3.05, 3.63) is 47.2 Å². The minimum atomic E-state index is -0.238. The lowest BCUT2D eigenvalue weighted by atomic mass is 10.2. The summed E-state index contributed by atoms with van der Waals surface area (Å²) in [4.78, 5) is 12.7. The van der Waals surface area contributed by atoms with E-state index in [2.05, 4.69) is 20.0 Å². The van der Waals surface area contributed by atoms with Crippen molar-refractivity contribution in [1.82, 2.24) is 19.4 Å². The topological polar surface area (TPSA) is 91.2 Å². The highest BCUT2D eigenvalue weighted by Gasteiger charge is 2.21. The normalized spacial score (nSPS) is 15.8. The molecule has 3 heterocycles. The summed E-state index contributed by atoms with van der Waals surface area (Å²) in [5, 5.41) is 10.9.